The molecule has 0 saturated heterocycles. The second-order valence-electron chi connectivity index (χ2n) is 4.10. The van der Waals surface area contributed by atoms with Crippen molar-refractivity contribution in [2.45, 2.75) is 25.3 Å². The van der Waals surface area contributed by atoms with Crippen molar-refractivity contribution < 1.29 is 0 Å². The molecule has 2 aromatic rings. The Hall–Kier alpha value is -0.380. The van der Waals surface area contributed by atoms with Crippen LogP contribution in [0.3, 0.4) is 0 Å². The highest BCUT2D eigenvalue weighted by molar-refractivity contribution is 9.11. The van der Waals surface area contributed by atoms with Crippen molar-refractivity contribution >= 4 is 37.4 Å². The van der Waals surface area contributed by atoms with Gasteiger partial charge >= 0.3 is 0 Å². The van der Waals surface area contributed by atoms with E-state index in [1.807, 2.05) is 11.3 Å². The number of benzene rings is 1. The average molecular weight is 282 g/mol. The van der Waals surface area contributed by atoms with E-state index in [2.05, 4.69) is 34.1 Å². The highest BCUT2D eigenvalue weighted by Gasteiger charge is 2.28. The summed E-state index contributed by atoms with van der Waals surface area (Å²) in [5, 5.41) is 1.42. The van der Waals surface area contributed by atoms with Crippen molar-refractivity contribution in [1.29, 1.82) is 0 Å². The van der Waals surface area contributed by atoms with Crippen LogP contribution in [0.4, 0.5) is 0 Å². The molecule has 1 nitrogen and oxygen atoms in total. The molecule has 15 heavy (non-hydrogen) atoms. The smallest absolute Gasteiger partial charge is 0.0745 e. The summed E-state index contributed by atoms with van der Waals surface area (Å²) in [6.45, 7) is 0.629. The van der Waals surface area contributed by atoms with E-state index in [0.717, 1.165) is 5.92 Å². The molecular weight excluding hydrogens is 270 g/mol. The third-order valence-electron chi connectivity index (χ3n) is 2.97. The van der Waals surface area contributed by atoms with Crippen molar-refractivity contribution in [3.8, 4) is 0 Å². The summed E-state index contributed by atoms with van der Waals surface area (Å²) in [7, 11) is 0. The van der Waals surface area contributed by atoms with E-state index in [-0.39, 0.29) is 0 Å². The van der Waals surface area contributed by atoms with Crippen molar-refractivity contribution in [2.24, 2.45) is 5.73 Å². The fraction of sp³-hybridized carbons (Fsp3) is 0.333. The number of fused-ring (bicyclic) bond motifs is 1. The predicted molar refractivity (Wildman–Crippen MR) is 69.4 cm³/mol. The predicted octanol–water partition coefficient (Wildman–Crippen LogP) is 4.00. The Balaban J connectivity index is 2.23. The molecule has 1 aromatic heterocycles. The zero-order chi connectivity index (χ0) is 10.4. The third-order valence-corrected chi connectivity index (χ3v) is 4.84. The van der Waals surface area contributed by atoms with Gasteiger partial charge in [-0.2, -0.15) is 0 Å². The Morgan fingerprint density at radius 3 is 2.87 bits per heavy atom. The van der Waals surface area contributed by atoms with Gasteiger partial charge in [0, 0.05) is 11.2 Å². The molecule has 2 N–H and O–H groups in total. The van der Waals surface area contributed by atoms with Crippen LogP contribution in [0.2, 0.25) is 0 Å². The van der Waals surface area contributed by atoms with Gasteiger partial charge in [-0.05, 0) is 57.3 Å². The number of thiophene rings is 1. The number of hydrogen-bond donors (Lipinski definition) is 1. The van der Waals surface area contributed by atoms with Crippen LogP contribution < -0.4 is 5.73 Å². The van der Waals surface area contributed by atoms with Crippen molar-refractivity contribution in [1.82, 2.24) is 0 Å². The van der Waals surface area contributed by atoms with E-state index in [9.17, 15) is 0 Å². The van der Waals surface area contributed by atoms with Crippen LogP contribution >= 0.6 is 27.3 Å². The van der Waals surface area contributed by atoms with E-state index >= 15 is 0 Å². The van der Waals surface area contributed by atoms with Crippen molar-refractivity contribution in [2.75, 3.05) is 0 Å². The van der Waals surface area contributed by atoms with Gasteiger partial charge in [-0.25, -0.2) is 0 Å². The topological polar surface area (TPSA) is 26.0 Å². The lowest BCUT2D eigenvalue weighted by molar-refractivity contribution is 1.08. The molecule has 3 rings (SSSR count). The van der Waals surface area contributed by atoms with Crippen LogP contribution in [-0.4, -0.2) is 0 Å². The number of hydrogen-bond acceptors (Lipinski definition) is 2. The fourth-order valence-electron chi connectivity index (χ4n) is 2.01. The van der Waals surface area contributed by atoms with Crippen LogP contribution in [0.15, 0.2) is 22.0 Å². The Bertz CT molecular complexity index is 514. The Labute approximate surface area is 101 Å². The highest BCUT2D eigenvalue weighted by atomic mass is 79.9. The molecule has 0 aliphatic heterocycles. The summed E-state index contributed by atoms with van der Waals surface area (Å²) in [6, 6.07) is 6.59. The van der Waals surface area contributed by atoms with Gasteiger partial charge in [-0.3, -0.25) is 0 Å². The lowest BCUT2D eigenvalue weighted by Gasteiger charge is -1.98. The van der Waals surface area contributed by atoms with Crippen molar-refractivity contribution in [3.63, 3.8) is 0 Å². The lowest BCUT2D eigenvalue weighted by Crippen LogP contribution is -1.94. The Morgan fingerprint density at radius 1 is 1.40 bits per heavy atom. The summed E-state index contributed by atoms with van der Waals surface area (Å²) >= 11 is 5.52. The molecule has 0 amide bonds. The molecule has 1 aliphatic carbocycles. The molecule has 78 valence electrons. The Morgan fingerprint density at radius 2 is 2.20 bits per heavy atom. The molecular formula is C12H12BrNS. The molecule has 0 radical (unpaired) electrons. The largest absolute Gasteiger partial charge is 0.326 e. The number of nitrogens with two attached hydrogens (primary N) is 1. The van der Waals surface area contributed by atoms with Gasteiger partial charge in [-0.15, -0.1) is 11.3 Å². The monoisotopic (exact) mass is 281 g/mol. The van der Waals surface area contributed by atoms with E-state index in [4.69, 9.17) is 5.73 Å². The molecule has 0 spiro atoms. The highest BCUT2D eigenvalue weighted by Crippen LogP contribution is 2.49. The first-order chi connectivity index (χ1) is 7.29. The minimum absolute atomic E-state index is 0.629. The summed E-state index contributed by atoms with van der Waals surface area (Å²) in [4.78, 5) is 0. The van der Waals surface area contributed by atoms with Gasteiger partial charge in [0.2, 0.25) is 0 Å². The number of rotatable bonds is 2. The first-order valence-electron chi connectivity index (χ1n) is 5.20. The van der Waals surface area contributed by atoms with Crippen LogP contribution in [0.5, 0.6) is 0 Å². The molecule has 3 heteroatoms. The van der Waals surface area contributed by atoms with Gasteiger partial charge in [0.25, 0.3) is 0 Å². The zero-order valence-corrected chi connectivity index (χ0v) is 10.7. The lowest BCUT2D eigenvalue weighted by atomic mass is 10.1. The van der Waals surface area contributed by atoms with Crippen LogP contribution in [0, 0.1) is 0 Å². The molecule has 1 aliphatic rings. The summed E-state index contributed by atoms with van der Waals surface area (Å²) in [5.41, 5.74) is 8.40. The second-order valence-corrected chi connectivity index (χ2v) is 6.47. The van der Waals surface area contributed by atoms with Gasteiger partial charge in [0.1, 0.15) is 0 Å². The standard InChI is InChI=1S/C12H12BrNS/c13-12-11(8-2-3-8)9-4-1-7(6-14)5-10(9)15-12/h1,4-5,8H,2-3,6,14H2. The minimum Gasteiger partial charge on any atom is -0.326 e. The Kier molecular flexibility index (Phi) is 2.34. The first kappa shape index (κ1) is 9.82. The van der Waals surface area contributed by atoms with Crippen LogP contribution in [0.1, 0.15) is 29.9 Å². The van der Waals surface area contributed by atoms with Crippen LogP contribution in [0.25, 0.3) is 10.1 Å². The summed E-state index contributed by atoms with van der Waals surface area (Å²) in [5.74, 6) is 0.803. The van der Waals surface area contributed by atoms with E-state index in [1.165, 1.54) is 37.8 Å². The van der Waals surface area contributed by atoms with Gasteiger partial charge in [0.15, 0.2) is 0 Å². The minimum atomic E-state index is 0.629. The number of halogens is 1. The molecule has 0 unspecified atom stereocenters. The van der Waals surface area contributed by atoms with Crippen molar-refractivity contribution in [3.05, 3.63) is 33.1 Å². The molecule has 1 aromatic carbocycles. The average Bonchev–Trinajstić information content (AvgIpc) is 3.00. The molecule has 0 bridgehead atoms. The summed E-state index contributed by atoms with van der Waals surface area (Å²) in [6.07, 6.45) is 2.70. The van der Waals surface area contributed by atoms with E-state index in [1.54, 1.807) is 0 Å². The molecule has 0 atom stereocenters. The zero-order valence-electron chi connectivity index (χ0n) is 8.29. The van der Waals surface area contributed by atoms with Gasteiger partial charge in [-0.1, -0.05) is 12.1 Å². The first-order valence-corrected chi connectivity index (χ1v) is 6.81. The summed E-state index contributed by atoms with van der Waals surface area (Å²) < 4.78 is 2.68. The van der Waals surface area contributed by atoms with E-state index in [0.29, 0.717) is 6.54 Å². The maximum Gasteiger partial charge on any atom is 0.0745 e. The maximum atomic E-state index is 5.65. The quantitative estimate of drug-likeness (QED) is 0.885. The fourth-order valence-corrected chi connectivity index (χ4v) is 4.15. The van der Waals surface area contributed by atoms with Gasteiger partial charge in [0.05, 0.1) is 3.79 Å². The van der Waals surface area contributed by atoms with Gasteiger partial charge < -0.3 is 5.73 Å². The molecule has 1 fully saturated rings. The van der Waals surface area contributed by atoms with E-state index < -0.39 is 0 Å². The maximum absolute atomic E-state index is 5.65. The molecule has 1 saturated carbocycles. The van der Waals surface area contributed by atoms with Crippen LogP contribution in [-0.2, 0) is 6.54 Å². The second kappa shape index (κ2) is 3.58. The normalized spacial score (nSPS) is 16.1. The molecule has 1 heterocycles. The third kappa shape index (κ3) is 1.63. The SMILES string of the molecule is NCc1ccc2c(C3CC3)c(Br)sc2c1.